The largest absolute Gasteiger partial charge is 0.444 e. The minimum absolute atomic E-state index is 0.0708. The minimum Gasteiger partial charge on any atom is -0.444 e. The SMILES string of the molecule is CCN(CC1CC(Nc2ccc(F)cc2[N+](=O)[O-])C1)C(=O)OC(C)(C)C. The lowest BCUT2D eigenvalue weighted by Gasteiger charge is -2.39. The van der Waals surface area contributed by atoms with Crippen molar-refractivity contribution >= 4 is 17.5 Å². The normalized spacial score (nSPS) is 19.4. The van der Waals surface area contributed by atoms with Gasteiger partial charge < -0.3 is 15.0 Å². The number of anilines is 1. The van der Waals surface area contributed by atoms with Crippen molar-refractivity contribution < 1.29 is 18.8 Å². The van der Waals surface area contributed by atoms with Gasteiger partial charge >= 0.3 is 6.09 Å². The first-order valence-electron chi connectivity index (χ1n) is 8.77. The van der Waals surface area contributed by atoms with Gasteiger partial charge in [-0.1, -0.05) is 0 Å². The maximum atomic E-state index is 13.2. The molecule has 8 heteroatoms. The number of hydrogen-bond acceptors (Lipinski definition) is 5. The Labute approximate surface area is 152 Å². The van der Waals surface area contributed by atoms with Crippen LogP contribution in [0.15, 0.2) is 18.2 Å². The number of halogens is 1. The number of nitro groups is 1. The third kappa shape index (κ3) is 5.31. The van der Waals surface area contributed by atoms with Gasteiger partial charge in [-0.3, -0.25) is 10.1 Å². The number of nitro benzene ring substituents is 1. The number of amides is 1. The van der Waals surface area contributed by atoms with Crippen LogP contribution in [0.2, 0.25) is 0 Å². The molecule has 1 amide bonds. The Morgan fingerprint density at radius 1 is 1.42 bits per heavy atom. The van der Waals surface area contributed by atoms with Crippen molar-refractivity contribution in [1.82, 2.24) is 4.90 Å². The van der Waals surface area contributed by atoms with E-state index in [2.05, 4.69) is 5.32 Å². The summed E-state index contributed by atoms with van der Waals surface area (Å²) in [7, 11) is 0. The molecule has 0 radical (unpaired) electrons. The van der Waals surface area contributed by atoms with E-state index < -0.39 is 16.3 Å². The van der Waals surface area contributed by atoms with Crippen LogP contribution in [0.1, 0.15) is 40.5 Å². The predicted octanol–water partition coefficient (Wildman–Crippen LogP) is 4.18. The quantitative estimate of drug-likeness (QED) is 0.602. The second kappa shape index (κ2) is 7.88. The summed E-state index contributed by atoms with van der Waals surface area (Å²) < 4.78 is 18.6. The van der Waals surface area contributed by atoms with E-state index in [1.807, 2.05) is 27.7 Å². The third-order valence-corrected chi connectivity index (χ3v) is 4.26. The number of nitrogens with one attached hydrogen (secondary N) is 1. The second-order valence-electron chi connectivity index (χ2n) is 7.62. The zero-order valence-corrected chi connectivity index (χ0v) is 15.6. The fourth-order valence-electron chi connectivity index (χ4n) is 2.97. The summed E-state index contributed by atoms with van der Waals surface area (Å²) in [6.07, 6.45) is 1.24. The molecule has 144 valence electrons. The lowest BCUT2D eigenvalue weighted by molar-refractivity contribution is -0.384. The highest BCUT2D eigenvalue weighted by atomic mass is 19.1. The highest BCUT2D eigenvalue weighted by Crippen LogP contribution is 2.34. The lowest BCUT2D eigenvalue weighted by Crippen LogP contribution is -2.45. The average Bonchev–Trinajstić information content (AvgIpc) is 2.48. The Bertz CT molecular complexity index is 669. The van der Waals surface area contributed by atoms with E-state index in [4.69, 9.17) is 4.74 Å². The van der Waals surface area contributed by atoms with Crippen molar-refractivity contribution in [2.75, 3.05) is 18.4 Å². The molecule has 2 rings (SSSR count). The zero-order valence-electron chi connectivity index (χ0n) is 15.6. The van der Waals surface area contributed by atoms with Crippen molar-refractivity contribution in [2.45, 2.75) is 52.2 Å². The van der Waals surface area contributed by atoms with Crippen molar-refractivity contribution in [3.8, 4) is 0 Å². The molecule has 1 aromatic carbocycles. The highest BCUT2D eigenvalue weighted by Gasteiger charge is 2.33. The van der Waals surface area contributed by atoms with Crippen molar-refractivity contribution in [2.24, 2.45) is 5.92 Å². The summed E-state index contributed by atoms with van der Waals surface area (Å²) in [5.41, 5.74) is -0.479. The number of benzene rings is 1. The molecule has 1 aliphatic rings. The molecule has 1 saturated carbocycles. The van der Waals surface area contributed by atoms with Gasteiger partial charge in [0.15, 0.2) is 0 Å². The summed E-state index contributed by atoms with van der Waals surface area (Å²) in [4.78, 5) is 24.3. The first-order valence-corrected chi connectivity index (χ1v) is 8.77. The summed E-state index contributed by atoms with van der Waals surface area (Å²) in [6, 6.07) is 3.58. The maximum Gasteiger partial charge on any atom is 0.410 e. The van der Waals surface area contributed by atoms with Crippen LogP contribution in [0.5, 0.6) is 0 Å². The zero-order chi connectivity index (χ0) is 19.5. The van der Waals surface area contributed by atoms with Crippen molar-refractivity contribution in [1.29, 1.82) is 0 Å². The molecule has 0 saturated heterocycles. The fourth-order valence-corrected chi connectivity index (χ4v) is 2.97. The van der Waals surface area contributed by atoms with E-state index in [9.17, 15) is 19.3 Å². The van der Waals surface area contributed by atoms with Crippen LogP contribution in [-0.4, -0.2) is 40.6 Å². The molecule has 0 aromatic heterocycles. The molecule has 0 unspecified atom stereocenters. The van der Waals surface area contributed by atoms with E-state index in [0.717, 1.165) is 18.9 Å². The minimum atomic E-state index is -0.635. The number of carbonyl (C=O) groups excluding carboxylic acids is 1. The van der Waals surface area contributed by atoms with Gasteiger partial charge in [0, 0.05) is 19.1 Å². The third-order valence-electron chi connectivity index (χ3n) is 4.26. The Hall–Kier alpha value is -2.38. The van der Waals surface area contributed by atoms with E-state index in [1.54, 1.807) is 4.90 Å². The number of rotatable bonds is 6. The van der Waals surface area contributed by atoms with E-state index in [-0.39, 0.29) is 17.8 Å². The number of hydrogen-bond donors (Lipinski definition) is 1. The van der Waals surface area contributed by atoms with Crippen LogP contribution in [-0.2, 0) is 4.74 Å². The summed E-state index contributed by atoms with van der Waals surface area (Å²) in [5.74, 6) is -0.329. The standard InChI is InChI=1S/C18H26FN3O4/c1-5-21(17(23)26-18(2,3)4)11-12-8-14(9-12)20-15-7-6-13(19)10-16(15)22(24)25/h6-7,10,12,14,20H,5,8-9,11H2,1-4H3. The number of ether oxygens (including phenoxy) is 1. The Balaban J connectivity index is 1.87. The van der Waals surface area contributed by atoms with Gasteiger partial charge in [0.05, 0.1) is 11.0 Å². The topological polar surface area (TPSA) is 84.7 Å². The van der Waals surface area contributed by atoms with Crippen LogP contribution in [0.4, 0.5) is 20.6 Å². The maximum absolute atomic E-state index is 13.2. The molecule has 1 aliphatic carbocycles. The van der Waals surface area contributed by atoms with E-state index >= 15 is 0 Å². The van der Waals surface area contributed by atoms with E-state index in [1.165, 1.54) is 12.1 Å². The number of carbonyl (C=O) groups is 1. The molecule has 1 N–H and O–H groups in total. The molecule has 26 heavy (non-hydrogen) atoms. The van der Waals surface area contributed by atoms with Gasteiger partial charge in [-0.25, -0.2) is 9.18 Å². The average molecular weight is 367 g/mol. The molecular formula is C18H26FN3O4. The Morgan fingerprint density at radius 2 is 2.08 bits per heavy atom. The molecule has 1 fully saturated rings. The number of nitrogens with zero attached hydrogens (tertiary/aromatic N) is 2. The Morgan fingerprint density at radius 3 is 2.62 bits per heavy atom. The first kappa shape index (κ1) is 19.9. The second-order valence-corrected chi connectivity index (χ2v) is 7.62. The lowest BCUT2D eigenvalue weighted by atomic mass is 9.79. The molecule has 0 spiro atoms. The molecule has 7 nitrogen and oxygen atoms in total. The summed E-state index contributed by atoms with van der Waals surface area (Å²) >= 11 is 0. The predicted molar refractivity (Wildman–Crippen MR) is 96.7 cm³/mol. The van der Waals surface area contributed by atoms with Gasteiger partial charge in [0.1, 0.15) is 17.1 Å². The molecule has 0 heterocycles. The van der Waals surface area contributed by atoms with Crippen molar-refractivity contribution in [3.05, 3.63) is 34.1 Å². The molecule has 1 aromatic rings. The van der Waals surface area contributed by atoms with Crippen LogP contribution < -0.4 is 5.32 Å². The monoisotopic (exact) mass is 367 g/mol. The van der Waals surface area contributed by atoms with E-state index in [0.29, 0.717) is 24.7 Å². The van der Waals surface area contributed by atoms with Crippen LogP contribution in [0.3, 0.4) is 0 Å². The van der Waals surface area contributed by atoms with Crippen LogP contribution >= 0.6 is 0 Å². The molecule has 0 bridgehead atoms. The van der Waals surface area contributed by atoms with Gasteiger partial charge in [0.25, 0.3) is 5.69 Å². The Kier molecular flexibility index (Phi) is 6.05. The molecular weight excluding hydrogens is 341 g/mol. The molecule has 0 atom stereocenters. The molecule has 0 aliphatic heterocycles. The first-order chi connectivity index (χ1) is 12.1. The van der Waals surface area contributed by atoms with Crippen molar-refractivity contribution in [3.63, 3.8) is 0 Å². The smallest absolute Gasteiger partial charge is 0.410 e. The summed E-state index contributed by atoms with van der Waals surface area (Å²) in [5, 5.41) is 14.1. The highest BCUT2D eigenvalue weighted by molar-refractivity contribution is 5.68. The van der Waals surface area contributed by atoms with Gasteiger partial charge in [-0.2, -0.15) is 0 Å². The fraction of sp³-hybridized carbons (Fsp3) is 0.611. The van der Waals surface area contributed by atoms with Gasteiger partial charge in [-0.15, -0.1) is 0 Å². The van der Waals surface area contributed by atoms with Crippen LogP contribution in [0.25, 0.3) is 0 Å². The van der Waals surface area contributed by atoms with Gasteiger partial charge in [-0.05, 0) is 58.6 Å². The van der Waals surface area contributed by atoms with Crippen LogP contribution in [0, 0.1) is 21.8 Å². The summed E-state index contributed by atoms with van der Waals surface area (Å²) in [6.45, 7) is 8.55. The van der Waals surface area contributed by atoms with Gasteiger partial charge in [0.2, 0.25) is 0 Å².